The molecule has 0 atom stereocenters. The first-order valence-electron chi connectivity index (χ1n) is 6.64. The van der Waals surface area contributed by atoms with Crippen molar-refractivity contribution < 1.29 is 0 Å². The van der Waals surface area contributed by atoms with Crippen LogP contribution in [0.15, 0.2) is 35.6 Å². The zero-order valence-corrected chi connectivity index (χ0v) is 13.3. The van der Waals surface area contributed by atoms with Gasteiger partial charge in [0, 0.05) is 22.9 Å². The molecular weight excluding hydrogens is 290 g/mol. The minimum absolute atomic E-state index is 0.802. The van der Waals surface area contributed by atoms with E-state index in [1.54, 1.807) is 18.1 Å². The molecule has 0 amide bonds. The topological polar surface area (TPSA) is 37.8 Å². The summed E-state index contributed by atoms with van der Waals surface area (Å²) in [7, 11) is 0. The number of halogens is 1. The van der Waals surface area contributed by atoms with Gasteiger partial charge in [0.25, 0.3) is 0 Å². The molecular formula is C15H18ClN3S. The summed E-state index contributed by atoms with van der Waals surface area (Å²) in [6.07, 6.45) is 2.69. The molecule has 2 aromatic rings. The second-order valence-corrected chi connectivity index (χ2v) is 5.83. The van der Waals surface area contributed by atoms with Crippen LogP contribution >= 0.6 is 23.4 Å². The summed E-state index contributed by atoms with van der Waals surface area (Å²) in [4.78, 5) is 8.65. The second kappa shape index (κ2) is 7.50. The summed E-state index contributed by atoms with van der Waals surface area (Å²) in [6.45, 7) is 5.11. The minimum atomic E-state index is 0.802. The SMILES string of the molecule is CCCNc1ncnc(SCc2ccccc2Cl)c1C. The summed E-state index contributed by atoms with van der Waals surface area (Å²) in [5, 5.41) is 5.12. The zero-order valence-electron chi connectivity index (χ0n) is 11.7. The Hall–Kier alpha value is -1.26. The number of hydrogen-bond donors (Lipinski definition) is 1. The lowest BCUT2D eigenvalue weighted by Crippen LogP contribution is -2.05. The van der Waals surface area contributed by atoms with Gasteiger partial charge in [-0.3, -0.25) is 0 Å². The Kier molecular flexibility index (Phi) is 5.68. The molecule has 0 aliphatic heterocycles. The van der Waals surface area contributed by atoms with Crippen molar-refractivity contribution in [3.8, 4) is 0 Å². The lowest BCUT2D eigenvalue weighted by atomic mass is 10.2. The second-order valence-electron chi connectivity index (χ2n) is 4.46. The lowest BCUT2D eigenvalue weighted by Gasteiger charge is -2.10. The first-order valence-corrected chi connectivity index (χ1v) is 8.00. The lowest BCUT2D eigenvalue weighted by molar-refractivity contribution is 0.938. The first kappa shape index (κ1) is 15.1. The fourth-order valence-electron chi connectivity index (χ4n) is 1.76. The molecule has 0 aliphatic carbocycles. The Morgan fingerprint density at radius 3 is 2.80 bits per heavy atom. The van der Waals surface area contributed by atoms with Gasteiger partial charge in [0.2, 0.25) is 0 Å². The normalized spacial score (nSPS) is 10.6. The molecule has 0 unspecified atom stereocenters. The van der Waals surface area contributed by atoms with Crippen LogP contribution in [0.1, 0.15) is 24.5 Å². The van der Waals surface area contributed by atoms with Gasteiger partial charge in [-0.1, -0.05) is 36.7 Å². The van der Waals surface area contributed by atoms with Crippen molar-refractivity contribution in [2.75, 3.05) is 11.9 Å². The van der Waals surface area contributed by atoms with Gasteiger partial charge in [-0.15, -0.1) is 11.8 Å². The van der Waals surface area contributed by atoms with E-state index in [1.165, 1.54) is 0 Å². The summed E-state index contributed by atoms with van der Waals surface area (Å²) < 4.78 is 0. The van der Waals surface area contributed by atoms with E-state index < -0.39 is 0 Å². The van der Waals surface area contributed by atoms with E-state index in [9.17, 15) is 0 Å². The van der Waals surface area contributed by atoms with Crippen LogP contribution in [0.3, 0.4) is 0 Å². The van der Waals surface area contributed by atoms with Gasteiger partial charge in [0.15, 0.2) is 0 Å². The van der Waals surface area contributed by atoms with Crippen LogP contribution < -0.4 is 5.32 Å². The molecule has 0 saturated carbocycles. The van der Waals surface area contributed by atoms with E-state index in [4.69, 9.17) is 11.6 Å². The van der Waals surface area contributed by atoms with Gasteiger partial charge in [-0.05, 0) is 25.0 Å². The third kappa shape index (κ3) is 3.87. The summed E-state index contributed by atoms with van der Waals surface area (Å²) >= 11 is 7.86. The van der Waals surface area contributed by atoms with Crippen molar-refractivity contribution in [1.82, 2.24) is 9.97 Å². The molecule has 20 heavy (non-hydrogen) atoms. The van der Waals surface area contributed by atoms with Crippen molar-refractivity contribution in [2.24, 2.45) is 0 Å². The van der Waals surface area contributed by atoms with E-state index >= 15 is 0 Å². The molecule has 1 aromatic carbocycles. The van der Waals surface area contributed by atoms with Crippen molar-refractivity contribution in [3.63, 3.8) is 0 Å². The average Bonchev–Trinajstić information content (AvgIpc) is 2.46. The number of thioether (sulfide) groups is 1. The third-order valence-electron chi connectivity index (χ3n) is 2.90. The number of anilines is 1. The van der Waals surface area contributed by atoms with E-state index in [-0.39, 0.29) is 0 Å². The van der Waals surface area contributed by atoms with Gasteiger partial charge in [-0.2, -0.15) is 0 Å². The molecule has 1 N–H and O–H groups in total. The molecule has 1 aromatic heterocycles. The van der Waals surface area contributed by atoms with Gasteiger partial charge < -0.3 is 5.32 Å². The first-order chi connectivity index (χ1) is 9.72. The molecule has 2 rings (SSSR count). The molecule has 0 spiro atoms. The van der Waals surface area contributed by atoms with E-state index in [0.29, 0.717) is 0 Å². The Labute approximate surface area is 129 Å². The molecule has 0 bridgehead atoms. The fourth-order valence-corrected chi connectivity index (χ4v) is 3.02. The van der Waals surface area contributed by atoms with Gasteiger partial charge in [0.1, 0.15) is 17.2 Å². The number of hydrogen-bond acceptors (Lipinski definition) is 4. The van der Waals surface area contributed by atoms with Crippen molar-refractivity contribution in [3.05, 3.63) is 46.7 Å². The third-order valence-corrected chi connectivity index (χ3v) is 4.41. The Morgan fingerprint density at radius 1 is 1.25 bits per heavy atom. The molecule has 5 heteroatoms. The van der Waals surface area contributed by atoms with Crippen molar-refractivity contribution in [2.45, 2.75) is 31.0 Å². The number of nitrogens with zero attached hydrogens (tertiary/aromatic N) is 2. The van der Waals surface area contributed by atoms with E-state index in [0.717, 1.165) is 45.7 Å². The number of aromatic nitrogens is 2. The maximum atomic E-state index is 6.17. The highest BCUT2D eigenvalue weighted by atomic mass is 35.5. The van der Waals surface area contributed by atoms with Crippen LogP contribution in [-0.4, -0.2) is 16.5 Å². The number of nitrogens with one attached hydrogen (secondary N) is 1. The molecule has 0 aliphatic rings. The molecule has 1 heterocycles. The number of rotatable bonds is 6. The van der Waals surface area contributed by atoms with Crippen LogP contribution in [0, 0.1) is 6.92 Å². The van der Waals surface area contributed by atoms with Gasteiger partial charge >= 0.3 is 0 Å². The van der Waals surface area contributed by atoms with Crippen LogP contribution in [0.5, 0.6) is 0 Å². The van der Waals surface area contributed by atoms with Gasteiger partial charge in [0.05, 0.1) is 0 Å². The quantitative estimate of drug-likeness (QED) is 0.627. The highest BCUT2D eigenvalue weighted by Gasteiger charge is 2.08. The molecule has 0 radical (unpaired) electrons. The summed E-state index contributed by atoms with van der Waals surface area (Å²) in [5.74, 6) is 1.73. The highest BCUT2D eigenvalue weighted by molar-refractivity contribution is 7.98. The van der Waals surface area contributed by atoms with Crippen LogP contribution in [0.2, 0.25) is 5.02 Å². The molecule has 3 nitrogen and oxygen atoms in total. The van der Waals surface area contributed by atoms with Gasteiger partial charge in [-0.25, -0.2) is 9.97 Å². The van der Waals surface area contributed by atoms with Crippen LogP contribution in [0.25, 0.3) is 0 Å². The monoisotopic (exact) mass is 307 g/mol. The Morgan fingerprint density at radius 2 is 2.05 bits per heavy atom. The van der Waals surface area contributed by atoms with Crippen LogP contribution in [-0.2, 0) is 5.75 Å². The molecule has 0 saturated heterocycles. The maximum absolute atomic E-state index is 6.17. The molecule has 0 fully saturated rings. The van der Waals surface area contributed by atoms with Crippen molar-refractivity contribution in [1.29, 1.82) is 0 Å². The average molecular weight is 308 g/mol. The summed E-state index contributed by atoms with van der Waals surface area (Å²) in [5.41, 5.74) is 2.22. The minimum Gasteiger partial charge on any atom is -0.370 e. The predicted octanol–water partition coefficient (Wildman–Crippen LogP) is 4.55. The largest absolute Gasteiger partial charge is 0.370 e. The Balaban J connectivity index is 2.08. The number of benzene rings is 1. The Bertz CT molecular complexity index is 575. The van der Waals surface area contributed by atoms with E-state index in [1.807, 2.05) is 31.2 Å². The maximum Gasteiger partial charge on any atom is 0.133 e. The van der Waals surface area contributed by atoms with Crippen LogP contribution in [0.4, 0.5) is 5.82 Å². The predicted molar refractivity (Wildman–Crippen MR) is 86.6 cm³/mol. The van der Waals surface area contributed by atoms with E-state index in [2.05, 4.69) is 22.2 Å². The molecule has 106 valence electrons. The standard InChI is InChI=1S/C15H18ClN3S/c1-3-8-17-14-11(2)15(19-10-18-14)20-9-12-6-4-5-7-13(12)16/h4-7,10H,3,8-9H2,1-2H3,(H,17,18,19). The highest BCUT2D eigenvalue weighted by Crippen LogP contribution is 2.29. The van der Waals surface area contributed by atoms with Crippen molar-refractivity contribution >= 4 is 29.2 Å². The summed E-state index contributed by atoms with van der Waals surface area (Å²) in [6, 6.07) is 7.91. The zero-order chi connectivity index (χ0) is 14.4. The smallest absolute Gasteiger partial charge is 0.133 e. The fraction of sp³-hybridized carbons (Fsp3) is 0.333.